The van der Waals surface area contributed by atoms with Gasteiger partial charge in [-0.3, -0.25) is 4.79 Å². The summed E-state index contributed by atoms with van der Waals surface area (Å²) in [6.07, 6.45) is 4.95. The molecule has 0 saturated carbocycles. The van der Waals surface area contributed by atoms with Crippen molar-refractivity contribution in [2.24, 2.45) is 0 Å². The Morgan fingerprint density at radius 3 is 3.00 bits per heavy atom. The van der Waals surface area contributed by atoms with Crippen molar-refractivity contribution in [1.29, 1.82) is 0 Å². The van der Waals surface area contributed by atoms with E-state index in [2.05, 4.69) is 6.58 Å². The zero-order valence-corrected chi connectivity index (χ0v) is 6.67. The van der Waals surface area contributed by atoms with Crippen molar-refractivity contribution in [1.82, 2.24) is 0 Å². The lowest BCUT2D eigenvalue weighted by molar-refractivity contribution is -0.140. The number of carbonyl (C=O) groups is 1. The first-order valence-electron chi connectivity index (χ1n) is 3.72. The zero-order valence-electron chi connectivity index (χ0n) is 6.67. The average molecular weight is 152 g/mol. The minimum Gasteiger partial charge on any atom is -0.458 e. The number of esters is 1. The molecule has 60 valence electrons. The number of rotatable bonds is 2. The lowest BCUT2D eigenvalue weighted by atomic mass is 10.1. The van der Waals surface area contributed by atoms with Crippen LogP contribution in [-0.4, -0.2) is 12.1 Å². The van der Waals surface area contributed by atoms with Crippen molar-refractivity contribution in [3.63, 3.8) is 0 Å². The van der Waals surface area contributed by atoms with E-state index < -0.39 is 0 Å². The second kappa shape index (κ2) is 3.37. The van der Waals surface area contributed by atoms with Crippen LogP contribution in [0.2, 0.25) is 0 Å². The first kappa shape index (κ1) is 8.05. The molecule has 11 heavy (non-hydrogen) atoms. The van der Waals surface area contributed by atoms with Gasteiger partial charge in [0.25, 0.3) is 0 Å². The third-order valence-electron chi connectivity index (χ3n) is 1.77. The quantitative estimate of drug-likeness (QED) is 0.445. The molecule has 0 aliphatic carbocycles. The summed E-state index contributed by atoms with van der Waals surface area (Å²) in [5, 5.41) is 0. The van der Waals surface area contributed by atoms with Crippen LogP contribution >= 0.6 is 0 Å². The van der Waals surface area contributed by atoms with Crippen molar-refractivity contribution in [2.75, 3.05) is 0 Å². The lowest BCUT2D eigenvalue weighted by Gasteiger charge is -2.07. The Morgan fingerprint density at radius 2 is 2.55 bits per heavy atom. The second-order valence-electron chi connectivity index (χ2n) is 2.66. The molecule has 0 spiro atoms. The molecule has 1 atom stereocenters. The van der Waals surface area contributed by atoms with Crippen LogP contribution < -0.4 is 0 Å². The fourth-order valence-electron chi connectivity index (χ4n) is 1.14. The van der Waals surface area contributed by atoms with Crippen LogP contribution in [0.1, 0.15) is 19.8 Å². The molecule has 0 N–H and O–H groups in total. The molecular weight excluding hydrogens is 140 g/mol. The molecule has 0 aromatic carbocycles. The van der Waals surface area contributed by atoms with Gasteiger partial charge >= 0.3 is 5.97 Å². The maximum absolute atomic E-state index is 10.7. The predicted octanol–water partition coefficient (Wildman–Crippen LogP) is 1.82. The molecule has 1 aliphatic rings. The maximum Gasteiger partial charge on any atom is 0.306 e. The number of allylic oxidation sites excluding steroid dienone is 2. The van der Waals surface area contributed by atoms with Crippen molar-refractivity contribution in [2.45, 2.75) is 25.9 Å². The van der Waals surface area contributed by atoms with Crippen LogP contribution in [0, 0.1) is 0 Å². The van der Waals surface area contributed by atoms with E-state index in [1.165, 1.54) is 0 Å². The summed E-state index contributed by atoms with van der Waals surface area (Å²) in [5.41, 5.74) is 1.07. The first-order chi connectivity index (χ1) is 5.24. The molecule has 1 fully saturated rings. The lowest BCUT2D eigenvalue weighted by Crippen LogP contribution is -2.07. The third-order valence-corrected chi connectivity index (χ3v) is 1.77. The highest BCUT2D eigenvalue weighted by molar-refractivity contribution is 5.72. The van der Waals surface area contributed by atoms with E-state index in [9.17, 15) is 4.79 Å². The van der Waals surface area contributed by atoms with Gasteiger partial charge in [-0.05, 0) is 18.9 Å². The number of hydrogen-bond acceptors (Lipinski definition) is 2. The van der Waals surface area contributed by atoms with E-state index in [1.807, 2.05) is 13.0 Å². The summed E-state index contributed by atoms with van der Waals surface area (Å²) in [6, 6.07) is 0. The van der Waals surface area contributed by atoms with Crippen molar-refractivity contribution in [3.8, 4) is 0 Å². The summed E-state index contributed by atoms with van der Waals surface area (Å²) >= 11 is 0. The molecule has 1 rings (SSSR count). The normalized spacial score (nSPS) is 25.0. The molecule has 0 aromatic heterocycles. The fraction of sp³-hybridized carbons (Fsp3) is 0.444. The van der Waals surface area contributed by atoms with Crippen LogP contribution in [0.25, 0.3) is 0 Å². The predicted molar refractivity (Wildman–Crippen MR) is 43.1 cm³/mol. The van der Waals surface area contributed by atoms with E-state index in [0.29, 0.717) is 6.42 Å². The molecule has 2 nitrogen and oxygen atoms in total. The van der Waals surface area contributed by atoms with Gasteiger partial charge in [-0.2, -0.15) is 0 Å². The van der Waals surface area contributed by atoms with Gasteiger partial charge in [-0.1, -0.05) is 18.7 Å². The van der Waals surface area contributed by atoms with Crippen molar-refractivity contribution in [3.05, 3.63) is 24.3 Å². The standard InChI is InChI=1S/C9H12O2/c1-3-4-7(2)8-5-6-9(10)11-8/h3-4,8H,1,5-6H2,2H3. The van der Waals surface area contributed by atoms with Gasteiger partial charge in [0, 0.05) is 6.42 Å². The molecule has 1 unspecified atom stereocenters. The molecular formula is C9H12O2. The van der Waals surface area contributed by atoms with Gasteiger partial charge in [0.2, 0.25) is 0 Å². The largest absolute Gasteiger partial charge is 0.458 e. The van der Waals surface area contributed by atoms with E-state index in [-0.39, 0.29) is 12.1 Å². The highest BCUT2D eigenvalue weighted by Crippen LogP contribution is 2.20. The highest BCUT2D eigenvalue weighted by atomic mass is 16.5. The fourth-order valence-corrected chi connectivity index (χ4v) is 1.14. The Kier molecular flexibility index (Phi) is 2.47. The molecule has 2 heteroatoms. The van der Waals surface area contributed by atoms with Gasteiger partial charge in [0.15, 0.2) is 0 Å². The third kappa shape index (κ3) is 1.93. The Balaban J connectivity index is 2.55. The van der Waals surface area contributed by atoms with Gasteiger partial charge in [0.05, 0.1) is 0 Å². The average Bonchev–Trinajstić information content (AvgIpc) is 2.36. The number of hydrogen-bond donors (Lipinski definition) is 0. The monoisotopic (exact) mass is 152 g/mol. The van der Waals surface area contributed by atoms with Crippen LogP contribution in [-0.2, 0) is 9.53 Å². The minimum atomic E-state index is -0.0909. The van der Waals surface area contributed by atoms with Gasteiger partial charge in [-0.25, -0.2) is 0 Å². The SMILES string of the molecule is C=CC=C(C)C1CCC(=O)O1. The van der Waals surface area contributed by atoms with Gasteiger partial charge in [0.1, 0.15) is 6.10 Å². The molecule has 0 amide bonds. The zero-order chi connectivity index (χ0) is 8.27. The topological polar surface area (TPSA) is 26.3 Å². The van der Waals surface area contributed by atoms with Crippen LogP contribution in [0.5, 0.6) is 0 Å². The molecule has 1 saturated heterocycles. The maximum atomic E-state index is 10.7. The van der Waals surface area contributed by atoms with E-state index in [4.69, 9.17) is 4.74 Å². The summed E-state index contributed by atoms with van der Waals surface area (Å²) in [6.45, 7) is 5.52. The molecule has 0 radical (unpaired) electrons. The van der Waals surface area contributed by atoms with Crippen LogP contribution in [0.15, 0.2) is 24.3 Å². The van der Waals surface area contributed by atoms with Crippen molar-refractivity contribution >= 4 is 5.97 Å². The van der Waals surface area contributed by atoms with Gasteiger partial charge < -0.3 is 4.74 Å². The molecule has 0 aromatic rings. The Hall–Kier alpha value is -1.05. The van der Waals surface area contributed by atoms with E-state index >= 15 is 0 Å². The van der Waals surface area contributed by atoms with Crippen LogP contribution in [0.4, 0.5) is 0 Å². The molecule has 1 heterocycles. The van der Waals surface area contributed by atoms with Crippen LogP contribution in [0.3, 0.4) is 0 Å². The number of ether oxygens (including phenoxy) is 1. The Bertz CT molecular complexity index is 204. The smallest absolute Gasteiger partial charge is 0.306 e. The minimum absolute atomic E-state index is 0.000463. The molecule has 1 aliphatic heterocycles. The number of carbonyl (C=O) groups excluding carboxylic acids is 1. The summed E-state index contributed by atoms with van der Waals surface area (Å²) in [4.78, 5) is 10.7. The second-order valence-corrected chi connectivity index (χ2v) is 2.66. The summed E-state index contributed by atoms with van der Waals surface area (Å²) in [7, 11) is 0. The van der Waals surface area contributed by atoms with Gasteiger partial charge in [-0.15, -0.1) is 0 Å². The number of cyclic esters (lactones) is 1. The Labute approximate surface area is 66.5 Å². The highest BCUT2D eigenvalue weighted by Gasteiger charge is 2.23. The summed E-state index contributed by atoms with van der Waals surface area (Å²) < 4.78 is 5.02. The van der Waals surface area contributed by atoms with E-state index in [1.54, 1.807) is 6.08 Å². The van der Waals surface area contributed by atoms with E-state index in [0.717, 1.165) is 12.0 Å². The Morgan fingerprint density at radius 1 is 1.82 bits per heavy atom. The molecule has 0 bridgehead atoms. The first-order valence-corrected chi connectivity index (χ1v) is 3.72. The summed E-state index contributed by atoms with van der Waals surface area (Å²) in [5.74, 6) is -0.0909. The van der Waals surface area contributed by atoms with Crippen molar-refractivity contribution < 1.29 is 9.53 Å².